The predicted octanol–water partition coefficient (Wildman–Crippen LogP) is -1.39. The fraction of sp³-hybridized carbons (Fsp3) is 0.519. The van der Waals surface area contributed by atoms with Gasteiger partial charge in [-0.25, -0.2) is 0 Å². The molecule has 15 nitrogen and oxygen atoms in total. The summed E-state index contributed by atoms with van der Waals surface area (Å²) >= 11 is 0. The van der Waals surface area contributed by atoms with Crippen molar-refractivity contribution in [2.24, 2.45) is 0 Å². The quantitative estimate of drug-likeness (QED) is 0.165. The zero-order chi connectivity index (χ0) is 30.3. The van der Waals surface area contributed by atoms with E-state index in [-0.39, 0.29) is 45.8 Å². The highest BCUT2D eigenvalue weighted by Crippen LogP contribution is 2.43. The van der Waals surface area contributed by atoms with Crippen molar-refractivity contribution in [3.05, 3.63) is 34.5 Å². The lowest BCUT2D eigenvalue weighted by atomic mass is 9.99. The van der Waals surface area contributed by atoms with Gasteiger partial charge in [0.1, 0.15) is 53.9 Å². The highest BCUT2D eigenvalue weighted by molar-refractivity contribution is 5.99. The summed E-state index contributed by atoms with van der Waals surface area (Å²) in [7, 11) is 4.13. The standard InChI is InChI=1S/C27H32O15/c1-35-12-6-4-5-10-17(29)16-13(7-14(36-2)24(37-3)25(16)42-23(10)12)40-27-22(34)20(32)19(31)15(41-27)9-39-26-21(33)18(30)11(28)8-38-26/h4-7,11,15,18-22,26-28,30-34H,8-9H2,1-3H3/t11-,15+,18+,19-,20+,21+,22+,26-,27+/m0/s1. The number of fused-ring (bicyclic) bond motifs is 2. The molecule has 2 aliphatic heterocycles. The first-order valence-corrected chi connectivity index (χ1v) is 12.9. The molecule has 0 radical (unpaired) electrons. The van der Waals surface area contributed by atoms with Gasteiger partial charge in [-0.15, -0.1) is 0 Å². The number of benzene rings is 2. The van der Waals surface area contributed by atoms with Gasteiger partial charge < -0.3 is 68.2 Å². The molecule has 0 unspecified atom stereocenters. The number of methoxy groups -OCH3 is 3. The molecule has 2 aromatic carbocycles. The summed E-state index contributed by atoms with van der Waals surface area (Å²) in [5, 5.41) is 61.5. The van der Waals surface area contributed by atoms with Crippen molar-refractivity contribution in [1.82, 2.24) is 0 Å². The molecule has 42 heavy (non-hydrogen) atoms. The van der Waals surface area contributed by atoms with Gasteiger partial charge in [0, 0.05) is 6.07 Å². The van der Waals surface area contributed by atoms with Crippen molar-refractivity contribution >= 4 is 21.9 Å². The average molecular weight is 597 g/mol. The molecule has 3 heterocycles. The van der Waals surface area contributed by atoms with Crippen LogP contribution in [0.5, 0.6) is 23.0 Å². The highest BCUT2D eigenvalue weighted by Gasteiger charge is 2.46. The number of para-hydroxylation sites is 1. The third kappa shape index (κ3) is 5.23. The second-order valence-electron chi connectivity index (χ2n) is 9.80. The molecule has 15 heteroatoms. The van der Waals surface area contributed by atoms with E-state index in [1.54, 1.807) is 12.1 Å². The van der Waals surface area contributed by atoms with Gasteiger partial charge in [0.15, 0.2) is 29.0 Å². The molecule has 6 N–H and O–H groups in total. The fourth-order valence-electron chi connectivity index (χ4n) is 4.93. The van der Waals surface area contributed by atoms with E-state index in [1.807, 2.05) is 0 Å². The molecule has 0 aliphatic carbocycles. The third-order valence-corrected chi connectivity index (χ3v) is 7.25. The molecular weight excluding hydrogens is 564 g/mol. The predicted molar refractivity (Wildman–Crippen MR) is 141 cm³/mol. The topological polar surface area (TPSA) is 216 Å². The van der Waals surface area contributed by atoms with E-state index in [4.69, 9.17) is 37.6 Å². The monoisotopic (exact) mass is 596 g/mol. The molecule has 2 fully saturated rings. The van der Waals surface area contributed by atoms with E-state index in [0.717, 1.165) is 0 Å². The largest absolute Gasteiger partial charge is 0.493 e. The number of hydrogen-bond acceptors (Lipinski definition) is 15. The molecule has 1 aromatic heterocycles. The van der Waals surface area contributed by atoms with Crippen LogP contribution in [0.25, 0.3) is 21.9 Å². The van der Waals surface area contributed by atoms with Gasteiger partial charge in [0.25, 0.3) is 0 Å². The molecule has 0 saturated carbocycles. The summed E-state index contributed by atoms with van der Waals surface area (Å²) in [5.41, 5.74) is -0.440. The number of aliphatic hydroxyl groups excluding tert-OH is 6. The molecule has 2 saturated heterocycles. The second kappa shape index (κ2) is 12.2. The summed E-state index contributed by atoms with van der Waals surface area (Å²) in [6.45, 7) is -0.811. The van der Waals surface area contributed by atoms with Gasteiger partial charge >= 0.3 is 0 Å². The first kappa shape index (κ1) is 30.2. The lowest BCUT2D eigenvalue weighted by Crippen LogP contribution is -2.61. The van der Waals surface area contributed by atoms with Crippen LogP contribution in [-0.4, -0.2) is 120 Å². The van der Waals surface area contributed by atoms with Crippen LogP contribution in [0.15, 0.2) is 33.5 Å². The van der Waals surface area contributed by atoms with E-state index in [2.05, 4.69) is 0 Å². The minimum atomic E-state index is -1.79. The third-order valence-electron chi connectivity index (χ3n) is 7.25. The first-order chi connectivity index (χ1) is 20.1. The van der Waals surface area contributed by atoms with E-state index < -0.39 is 67.3 Å². The molecule has 2 aliphatic rings. The number of rotatable bonds is 8. The molecule has 0 amide bonds. The smallest absolute Gasteiger partial charge is 0.229 e. The Kier molecular flexibility index (Phi) is 8.75. The average Bonchev–Trinajstić information content (AvgIpc) is 2.99. The Morgan fingerprint density at radius 2 is 1.52 bits per heavy atom. The molecule has 0 bridgehead atoms. The van der Waals surface area contributed by atoms with Crippen molar-refractivity contribution in [3.63, 3.8) is 0 Å². The van der Waals surface area contributed by atoms with Gasteiger partial charge in [-0.05, 0) is 12.1 Å². The van der Waals surface area contributed by atoms with Crippen LogP contribution >= 0.6 is 0 Å². The van der Waals surface area contributed by atoms with Crippen LogP contribution in [0.1, 0.15) is 0 Å². The van der Waals surface area contributed by atoms with Crippen molar-refractivity contribution in [3.8, 4) is 23.0 Å². The van der Waals surface area contributed by atoms with Gasteiger partial charge in [-0.1, -0.05) is 6.07 Å². The fourth-order valence-corrected chi connectivity index (χ4v) is 4.93. The maximum absolute atomic E-state index is 13.7. The Morgan fingerprint density at radius 3 is 2.21 bits per heavy atom. The second-order valence-corrected chi connectivity index (χ2v) is 9.80. The molecule has 5 rings (SSSR count). The minimum Gasteiger partial charge on any atom is -0.493 e. The lowest BCUT2D eigenvalue weighted by molar-refractivity contribution is -0.307. The van der Waals surface area contributed by atoms with Crippen LogP contribution in [-0.2, 0) is 14.2 Å². The van der Waals surface area contributed by atoms with Crippen LogP contribution in [0.2, 0.25) is 0 Å². The number of aliphatic hydroxyl groups is 6. The molecule has 9 atom stereocenters. The maximum Gasteiger partial charge on any atom is 0.229 e. The van der Waals surface area contributed by atoms with Gasteiger partial charge in [-0.2, -0.15) is 0 Å². The van der Waals surface area contributed by atoms with Gasteiger partial charge in [-0.3, -0.25) is 4.79 Å². The van der Waals surface area contributed by atoms with Crippen molar-refractivity contribution in [1.29, 1.82) is 0 Å². The minimum absolute atomic E-state index is 0.0520. The lowest BCUT2D eigenvalue weighted by Gasteiger charge is -2.41. The van der Waals surface area contributed by atoms with E-state index in [0.29, 0.717) is 5.75 Å². The van der Waals surface area contributed by atoms with E-state index in [1.165, 1.54) is 33.5 Å². The summed E-state index contributed by atoms with van der Waals surface area (Å²) in [6, 6.07) is 6.07. The Hall–Kier alpha value is -3.25. The van der Waals surface area contributed by atoms with Crippen molar-refractivity contribution < 1.29 is 68.2 Å². The molecule has 230 valence electrons. The molecule has 3 aromatic rings. The SMILES string of the molecule is COc1cc(O[C@@H]2O[C@H](CO[C@@H]3OC[C@H](O)[C@@H](O)[C@H]3O)[C@H](O)[C@@H](O)[C@H]2O)c2c(=O)c3cccc(OC)c3oc2c1OC. The van der Waals surface area contributed by atoms with Crippen LogP contribution in [0, 0.1) is 0 Å². The van der Waals surface area contributed by atoms with Crippen molar-refractivity contribution in [2.45, 2.75) is 55.3 Å². The summed E-state index contributed by atoms with van der Waals surface area (Å²) < 4.78 is 44.6. The normalized spacial score (nSPS) is 31.7. The van der Waals surface area contributed by atoms with E-state index in [9.17, 15) is 35.4 Å². The Morgan fingerprint density at radius 1 is 0.810 bits per heavy atom. The Balaban J connectivity index is 1.49. The van der Waals surface area contributed by atoms with Crippen LogP contribution in [0.3, 0.4) is 0 Å². The highest BCUT2D eigenvalue weighted by atomic mass is 16.7. The first-order valence-electron chi connectivity index (χ1n) is 12.9. The van der Waals surface area contributed by atoms with E-state index >= 15 is 0 Å². The molecule has 0 spiro atoms. The maximum atomic E-state index is 13.7. The number of hydrogen-bond donors (Lipinski definition) is 6. The molecular formula is C27H32O15. The summed E-state index contributed by atoms with van der Waals surface area (Å²) in [4.78, 5) is 13.7. The Labute approximate surface area is 237 Å². The summed E-state index contributed by atoms with van der Waals surface area (Å²) in [6.07, 6.45) is -14.1. The van der Waals surface area contributed by atoms with Gasteiger partial charge in [0.2, 0.25) is 17.5 Å². The zero-order valence-electron chi connectivity index (χ0n) is 22.8. The van der Waals surface area contributed by atoms with Crippen molar-refractivity contribution in [2.75, 3.05) is 34.5 Å². The zero-order valence-corrected chi connectivity index (χ0v) is 22.8. The van der Waals surface area contributed by atoms with Crippen LogP contribution < -0.4 is 24.4 Å². The number of ether oxygens (including phenoxy) is 7. The van der Waals surface area contributed by atoms with Gasteiger partial charge in [0.05, 0.1) is 39.9 Å². The van der Waals surface area contributed by atoms with Crippen LogP contribution in [0.4, 0.5) is 0 Å². The Bertz CT molecular complexity index is 1470. The summed E-state index contributed by atoms with van der Waals surface area (Å²) in [5.74, 6) is 0.317.